The van der Waals surface area contributed by atoms with E-state index in [0.717, 1.165) is 6.29 Å². The van der Waals surface area contributed by atoms with Crippen molar-refractivity contribution in [3.8, 4) is 0 Å². The lowest BCUT2D eigenvalue weighted by Gasteiger charge is -1.99. The molecule has 74 valence electrons. The number of rotatable bonds is 3. The van der Waals surface area contributed by atoms with E-state index in [1.807, 2.05) is 0 Å². The maximum absolute atomic E-state index is 13.0. The summed E-state index contributed by atoms with van der Waals surface area (Å²) in [5.41, 5.74) is 0.670. The first-order valence-corrected chi connectivity index (χ1v) is 4.65. The fraction of sp³-hybridized carbons (Fsp3) is 0.100. The lowest BCUT2D eigenvalue weighted by molar-refractivity contribution is -0.107. The van der Waals surface area contributed by atoms with Crippen LogP contribution in [0.4, 0.5) is 4.39 Å². The minimum Gasteiger partial charge on any atom is -0.303 e. The van der Waals surface area contributed by atoms with E-state index in [2.05, 4.69) is 0 Å². The van der Waals surface area contributed by atoms with Gasteiger partial charge in [-0.1, -0.05) is 35.4 Å². The van der Waals surface area contributed by atoms with Gasteiger partial charge in [-0.05, 0) is 17.7 Å². The number of hydrogen-bond donors (Lipinski definition) is 0. The maximum Gasteiger partial charge on any atom is 0.160 e. The number of hydrogen-bond acceptors (Lipinski definition) is 1. The molecule has 0 aliphatic rings. The average Bonchev–Trinajstić information content (AvgIpc) is 2.14. The summed E-state index contributed by atoms with van der Waals surface area (Å²) in [6.07, 6.45) is 4.38. The second-order valence-corrected chi connectivity index (χ2v) is 3.42. The molecule has 1 nitrogen and oxygen atoms in total. The number of aldehydes is 1. The summed E-state index contributed by atoms with van der Waals surface area (Å²) in [6.45, 7) is 0. The predicted octanol–water partition coefficient (Wildman–Crippen LogP) is 3.73. The van der Waals surface area contributed by atoms with Crippen LogP contribution in [-0.4, -0.2) is 6.29 Å². The van der Waals surface area contributed by atoms with Crippen LogP contribution < -0.4 is 0 Å². The largest absolute Gasteiger partial charge is 0.303 e. The van der Waals surface area contributed by atoms with Gasteiger partial charge in [-0.25, -0.2) is 4.39 Å². The van der Waals surface area contributed by atoms with Gasteiger partial charge >= 0.3 is 0 Å². The average molecular weight is 233 g/mol. The van der Waals surface area contributed by atoms with Gasteiger partial charge in [-0.2, -0.15) is 0 Å². The van der Waals surface area contributed by atoms with Crippen molar-refractivity contribution >= 4 is 35.6 Å². The molecular formula is C10H7Cl2FO. The van der Waals surface area contributed by atoms with Crippen molar-refractivity contribution in [1.29, 1.82) is 0 Å². The third-order valence-electron chi connectivity index (χ3n) is 1.55. The normalized spacial score (nSPS) is 10.8. The van der Waals surface area contributed by atoms with Crippen LogP contribution in [0.3, 0.4) is 0 Å². The molecule has 0 aromatic heterocycles. The Labute approximate surface area is 91.1 Å². The van der Waals surface area contributed by atoms with Crippen LogP contribution in [0.2, 0.25) is 10.0 Å². The first-order valence-electron chi connectivity index (χ1n) is 3.90. The van der Waals surface area contributed by atoms with E-state index in [-0.39, 0.29) is 10.0 Å². The van der Waals surface area contributed by atoms with E-state index >= 15 is 0 Å². The Kier molecular flexibility index (Phi) is 4.11. The number of carbonyl (C=O) groups excluding carboxylic acids is 1. The Hall–Kier alpha value is -0.860. The Morgan fingerprint density at radius 3 is 2.36 bits per heavy atom. The van der Waals surface area contributed by atoms with Crippen molar-refractivity contribution in [2.75, 3.05) is 0 Å². The fourth-order valence-corrected chi connectivity index (χ4v) is 1.43. The van der Waals surface area contributed by atoms with E-state index in [9.17, 15) is 9.18 Å². The molecule has 1 rings (SSSR count). The van der Waals surface area contributed by atoms with Crippen LogP contribution >= 0.6 is 23.2 Å². The van der Waals surface area contributed by atoms with Crippen LogP contribution in [0.1, 0.15) is 12.0 Å². The van der Waals surface area contributed by atoms with E-state index < -0.39 is 5.82 Å². The van der Waals surface area contributed by atoms with Crippen molar-refractivity contribution in [2.45, 2.75) is 6.42 Å². The standard InChI is InChI=1S/C10H7Cl2FO/c11-8-5-7(3-1-2-4-14)6-9(12)10(8)13/h1,3-6H,2H2. The van der Waals surface area contributed by atoms with Gasteiger partial charge in [0.05, 0.1) is 10.0 Å². The zero-order chi connectivity index (χ0) is 10.6. The number of carbonyl (C=O) groups is 1. The Balaban J connectivity index is 2.95. The molecule has 0 heterocycles. The minimum absolute atomic E-state index is 0.0248. The van der Waals surface area contributed by atoms with Crippen LogP contribution in [0.15, 0.2) is 18.2 Å². The molecule has 0 aliphatic carbocycles. The zero-order valence-electron chi connectivity index (χ0n) is 7.14. The maximum atomic E-state index is 13.0. The topological polar surface area (TPSA) is 17.1 Å². The van der Waals surface area contributed by atoms with Crippen LogP contribution in [0, 0.1) is 5.82 Å². The summed E-state index contributed by atoms with van der Waals surface area (Å²) in [4.78, 5) is 10.0. The van der Waals surface area contributed by atoms with Crippen molar-refractivity contribution in [3.05, 3.63) is 39.6 Å². The van der Waals surface area contributed by atoms with Gasteiger partial charge in [0.25, 0.3) is 0 Å². The highest BCUT2D eigenvalue weighted by Gasteiger charge is 2.05. The van der Waals surface area contributed by atoms with Gasteiger partial charge in [-0.15, -0.1) is 0 Å². The zero-order valence-corrected chi connectivity index (χ0v) is 8.65. The summed E-state index contributed by atoms with van der Waals surface area (Å²) >= 11 is 11.1. The molecule has 14 heavy (non-hydrogen) atoms. The lowest BCUT2D eigenvalue weighted by atomic mass is 10.2. The molecular weight excluding hydrogens is 226 g/mol. The molecule has 0 radical (unpaired) electrons. The van der Waals surface area contributed by atoms with Gasteiger partial charge in [0, 0.05) is 6.42 Å². The molecule has 0 fully saturated rings. The van der Waals surface area contributed by atoms with Gasteiger partial charge in [0.1, 0.15) is 6.29 Å². The molecule has 0 aliphatic heterocycles. The quantitative estimate of drug-likeness (QED) is 0.574. The van der Waals surface area contributed by atoms with Crippen LogP contribution in [0.25, 0.3) is 6.08 Å². The highest BCUT2D eigenvalue weighted by Crippen LogP contribution is 2.25. The third kappa shape index (κ3) is 2.82. The monoisotopic (exact) mass is 232 g/mol. The Bertz CT molecular complexity index is 351. The van der Waals surface area contributed by atoms with Crippen molar-refractivity contribution in [1.82, 2.24) is 0 Å². The molecule has 0 atom stereocenters. The van der Waals surface area contributed by atoms with Gasteiger partial charge in [-0.3, -0.25) is 0 Å². The summed E-state index contributed by atoms with van der Waals surface area (Å²) in [5.74, 6) is -0.624. The fourth-order valence-electron chi connectivity index (χ4n) is 0.931. The van der Waals surface area contributed by atoms with E-state index in [1.54, 1.807) is 12.2 Å². The molecule has 0 amide bonds. The lowest BCUT2D eigenvalue weighted by Crippen LogP contribution is -1.81. The second kappa shape index (κ2) is 5.13. The predicted molar refractivity (Wildman–Crippen MR) is 56.1 cm³/mol. The van der Waals surface area contributed by atoms with Crippen LogP contribution in [0.5, 0.6) is 0 Å². The molecule has 0 saturated carbocycles. The first kappa shape index (κ1) is 11.2. The van der Waals surface area contributed by atoms with Gasteiger partial charge < -0.3 is 4.79 Å². The summed E-state index contributed by atoms with van der Waals surface area (Å²) in [6, 6.07) is 2.90. The van der Waals surface area contributed by atoms with Gasteiger partial charge in [0.15, 0.2) is 5.82 Å². The SMILES string of the molecule is O=CCC=Cc1cc(Cl)c(F)c(Cl)c1. The minimum atomic E-state index is -0.624. The number of allylic oxidation sites excluding steroid dienone is 1. The van der Waals surface area contributed by atoms with Crippen LogP contribution in [-0.2, 0) is 4.79 Å². The molecule has 1 aromatic rings. The van der Waals surface area contributed by atoms with Crippen molar-refractivity contribution in [3.63, 3.8) is 0 Å². The number of halogens is 3. The summed E-state index contributed by atoms with van der Waals surface area (Å²) < 4.78 is 13.0. The Morgan fingerprint density at radius 1 is 1.29 bits per heavy atom. The molecule has 4 heteroatoms. The summed E-state index contributed by atoms with van der Waals surface area (Å²) in [7, 11) is 0. The van der Waals surface area contributed by atoms with E-state index in [0.29, 0.717) is 12.0 Å². The third-order valence-corrected chi connectivity index (χ3v) is 2.10. The Morgan fingerprint density at radius 2 is 1.86 bits per heavy atom. The molecule has 0 saturated heterocycles. The first-order chi connectivity index (χ1) is 6.65. The highest BCUT2D eigenvalue weighted by molar-refractivity contribution is 6.35. The van der Waals surface area contributed by atoms with E-state index in [1.165, 1.54) is 12.1 Å². The van der Waals surface area contributed by atoms with Gasteiger partial charge in [0.2, 0.25) is 0 Å². The van der Waals surface area contributed by atoms with Crippen molar-refractivity contribution < 1.29 is 9.18 Å². The highest BCUT2D eigenvalue weighted by atomic mass is 35.5. The molecule has 0 unspecified atom stereocenters. The molecule has 0 bridgehead atoms. The second-order valence-electron chi connectivity index (χ2n) is 2.60. The molecule has 1 aromatic carbocycles. The molecule has 0 spiro atoms. The summed E-state index contributed by atoms with van der Waals surface area (Å²) in [5, 5.41) is -0.0495. The smallest absolute Gasteiger partial charge is 0.160 e. The molecule has 0 N–H and O–H groups in total. The van der Waals surface area contributed by atoms with E-state index in [4.69, 9.17) is 23.2 Å². The number of benzene rings is 1. The van der Waals surface area contributed by atoms with Crippen molar-refractivity contribution in [2.24, 2.45) is 0 Å².